The van der Waals surface area contributed by atoms with Gasteiger partial charge in [-0.15, -0.1) is 0 Å². The third-order valence-corrected chi connectivity index (χ3v) is 6.07. The van der Waals surface area contributed by atoms with Crippen molar-refractivity contribution in [3.05, 3.63) is 76.5 Å². The molecule has 0 spiro atoms. The Morgan fingerprint density at radius 2 is 1.71 bits per heavy atom. The number of aromatic nitrogens is 2. The molecule has 1 heterocycles. The lowest BCUT2D eigenvalue weighted by Gasteiger charge is -2.18. The SMILES string of the molecule is CCCCc1ccc(C(=O)N(C)CC(=O)Nc2cc(C(C)(C)C)nn2-c2ccc(C)cc2C)cc1. The molecular formula is C29H38N4O2. The number of nitrogens with zero attached hydrogens (tertiary/aromatic N) is 3. The Kier molecular flexibility index (Phi) is 8.15. The van der Waals surface area contributed by atoms with Crippen LogP contribution in [0.1, 0.15) is 73.3 Å². The van der Waals surface area contributed by atoms with Crippen molar-refractivity contribution >= 4 is 17.6 Å². The van der Waals surface area contributed by atoms with Gasteiger partial charge in [0.05, 0.1) is 17.9 Å². The van der Waals surface area contributed by atoms with Crippen LogP contribution in [0.3, 0.4) is 0 Å². The standard InChI is InChI=1S/C29H38N4O2/c1-8-9-10-22-12-14-23(15-13-22)28(35)32(7)19-27(34)30-26-18-25(29(4,5)6)31-33(26)24-16-11-20(2)17-21(24)3/h11-18H,8-10,19H2,1-7H3,(H,30,34). The second-order valence-corrected chi connectivity index (χ2v) is 10.4. The molecule has 0 saturated heterocycles. The molecule has 3 aromatic rings. The molecule has 0 aliphatic carbocycles. The molecule has 0 unspecified atom stereocenters. The largest absolute Gasteiger partial charge is 0.332 e. The van der Waals surface area contributed by atoms with Crippen LogP contribution in [0.2, 0.25) is 0 Å². The molecule has 0 bridgehead atoms. The van der Waals surface area contributed by atoms with Gasteiger partial charge in [0, 0.05) is 24.1 Å². The van der Waals surface area contributed by atoms with Gasteiger partial charge in [0.2, 0.25) is 5.91 Å². The first-order valence-corrected chi connectivity index (χ1v) is 12.3. The van der Waals surface area contributed by atoms with Crippen LogP contribution in [-0.4, -0.2) is 40.1 Å². The number of amides is 2. The smallest absolute Gasteiger partial charge is 0.254 e. The lowest BCUT2D eigenvalue weighted by atomic mass is 9.92. The molecular weight excluding hydrogens is 436 g/mol. The van der Waals surface area contributed by atoms with Crippen LogP contribution >= 0.6 is 0 Å². The summed E-state index contributed by atoms with van der Waals surface area (Å²) in [5.41, 5.74) is 5.64. The van der Waals surface area contributed by atoms with Crippen LogP contribution < -0.4 is 5.32 Å². The summed E-state index contributed by atoms with van der Waals surface area (Å²) in [6.07, 6.45) is 3.27. The molecule has 35 heavy (non-hydrogen) atoms. The number of nitrogens with one attached hydrogen (secondary N) is 1. The fraction of sp³-hybridized carbons (Fsp3) is 0.414. The number of carbonyl (C=O) groups excluding carboxylic acids is 2. The highest BCUT2D eigenvalue weighted by molar-refractivity contribution is 5.99. The highest BCUT2D eigenvalue weighted by Crippen LogP contribution is 2.27. The summed E-state index contributed by atoms with van der Waals surface area (Å²) >= 11 is 0. The Morgan fingerprint density at radius 3 is 2.31 bits per heavy atom. The maximum atomic E-state index is 13.0. The van der Waals surface area contributed by atoms with Crippen molar-refractivity contribution in [3.63, 3.8) is 0 Å². The number of likely N-dealkylation sites (N-methyl/N-ethyl adjacent to an activating group) is 1. The van der Waals surface area contributed by atoms with E-state index in [1.807, 2.05) is 49.4 Å². The minimum atomic E-state index is -0.271. The highest BCUT2D eigenvalue weighted by Gasteiger charge is 2.23. The zero-order valence-electron chi connectivity index (χ0n) is 22.1. The third-order valence-electron chi connectivity index (χ3n) is 6.07. The second-order valence-electron chi connectivity index (χ2n) is 10.4. The van der Waals surface area contributed by atoms with Crippen LogP contribution in [0.5, 0.6) is 0 Å². The van der Waals surface area contributed by atoms with Gasteiger partial charge in [-0.05, 0) is 56.0 Å². The van der Waals surface area contributed by atoms with Crippen LogP contribution in [0.4, 0.5) is 5.82 Å². The molecule has 3 rings (SSSR count). The molecule has 0 fully saturated rings. The maximum absolute atomic E-state index is 13.0. The molecule has 0 saturated carbocycles. The van der Waals surface area contributed by atoms with Gasteiger partial charge in [-0.3, -0.25) is 9.59 Å². The molecule has 6 heteroatoms. The van der Waals surface area contributed by atoms with E-state index in [9.17, 15) is 9.59 Å². The van der Waals surface area contributed by atoms with Crippen LogP contribution in [0.25, 0.3) is 5.69 Å². The highest BCUT2D eigenvalue weighted by atomic mass is 16.2. The quantitative estimate of drug-likeness (QED) is 0.446. The fourth-order valence-corrected chi connectivity index (χ4v) is 3.95. The molecule has 6 nitrogen and oxygen atoms in total. The second kappa shape index (κ2) is 10.9. The van der Waals surface area contributed by atoms with E-state index in [1.54, 1.807) is 11.7 Å². The van der Waals surface area contributed by atoms with E-state index in [1.165, 1.54) is 16.0 Å². The Balaban J connectivity index is 1.76. The van der Waals surface area contributed by atoms with Gasteiger partial charge in [0.25, 0.3) is 5.91 Å². The molecule has 0 aliphatic rings. The molecule has 2 aromatic carbocycles. The van der Waals surface area contributed by atoms with Crippen molar-refractivity contribution in [2.45, 2.75) is 66.2 Å². The molecule has 0 atom stereocenters. The summed E-state index contributed by atoms with van der Waals surface area (Å²) in [5, 5.41) is 7.79. The van der Waals surface area contributed by atoms with Crippen LogP contribution in [0.15, 0.2) is 48.5 Å². The van der Waals surface area contributed by atoms with E-state index in [2.05, 4.69) is 46.0 Å². The van der Waals surface area contributed by atoms with Crippen molar-refractivity contribution in [3.8, 4) is 5.69 Å². The van der Waals surface area contributed by atoms with E-state index < -0.39 is 0 Å². The molecule has 0 radical (unpaired) electrons. The van der Waals surface area contributed by atoms with E-state index in [-0.39, 0.29) is 23.8 Å². The average molecular weight is 475 g/mol. The first-order chi connectivity index (χ1) is 16.5. The van der Waals surface area contributed by atoms with Gasteiger partial charge >= 0.3 is 0 Å². The normalized spacial score (nSPS) is 11.4. The lowest BCUT2D eigenvalue weighted by molar-refractivity contribution is -0.116. The van der Waals surface area contributed by atoms with Gasteiger partial charge in [0.1, 0.15) is 5.82 Å². The Labute approximate surface area is 209 Å². The Morgan fingerprint density at radius 1 is 1.03 bits per heavy atom. The molecule has 2 amide bonds. The van der Waals surface area contributed by atoms with Crippen molar-refractivity contribution in [1.82, 2.24) is 14.7 Å². The summed E-state index contributed by atoms with van der Waals surface area (Å²) in [6.45, 7) is 12.5. The number of carbonyl (C=O) groups is 2. The van der Waals surface area contributed by atoms with Crippen LogP contribution in [0, 0.1) is 13.8 Å². The molecule has 1 N–H and O–H groups in total. The van der Waals surface area contributed by atoms with Gasteiger partial charge in [0.15, 0.2) is 0 Å². The predicted octanol–water partition coefficient (Wildman–Crippen LogP) is 5.84. The Hall–Kier alpha value is -3.41. The summed E-state index contributed by atoms with van der Waals surface area (Å²) < 4.78 is 1.78. The van der Waals surface area contributed by atoms with Crippen LogP contribution in [-0.2, 0) is 16.6 Å². The molecule has 186 valence electrons. The number of anilines is 1. The number of hydrogen-bond acceptors (Lipinski definition) is 3. The summed E-state index contributed by atoms with van der Waals surface area (Å²) in [5.74, 6) is 0.139. The minimum absolute atomic E-state index is 0.0562. The molecule has 1 aromatic heterocycles. The van der Waals surface area contributed by atoms with E-state index in [4.69, 9.17) is 5.10 Å². The molecule has 0 aliphatic heterocycles. The zero-order valence-corrected chi connectivity index (χ0v) is 22.1. The van der Waals surface area contributed by atoms with E-state index >= 15 is 0 Å². The summed E-state index contributed by atoms with van der Waals surface area (Å²) in [7, 11) is 1.65. The van der Waals surface area contributed by atoms with Gasteiger partial charge in [-0.2, -0.15) is 5.10 Å². The van der Waals surface area contributed by atoms with Crippen molar-refractivity contribution < 1.29 is 9.59 Å². The van der Waals surface area contributed by atoms with Gasteiger partial charge < -0.3 is 10.2 Å². The monoisotopic (exact) mass is 474 g/mol. The minimum Gasteiger partial charge on any atom is -0.332 e. The number of aryl methyl sites for hydroxylation is 3. The average Bonchev–Trinajstić information content (AvgIpc) is 3.21. The lowest BCUT2D eigenvalue weighted by Crippen LogP contribution is -2.35. The maximum Gasteiger partial charge on any atom is 0.254 e. The number of hydrogen-bond donors (Lipinski definition) is 1. The van der Waals surface area contributed by atoms with Crippen molar-refractivity contribution in [2.75, 3.05) is 18.9 Å². The van der Waals surface area contributed by atoms with E-state index in [0.29, 0.717) is 11.4 Å². The van der Waals surface area contributed by atoms with Gasteiger partial charge in [-0.1, -0.05) is 63.9 Å². The number of benzene rings is 2. The first kappa shape index (κ1) is 26.2. The summed E-state index contributed by atoms with van der Waals surface area (Å²) in [6, 6.07) is 15.7. The topological polar surface area (TPSA) is 67.2 Å². The van der Waals surface area contributed by atoms with E-state index in [0.717, 1.165) is 36.2 Å². The van der Waals surface area contributed by atoms with Crippen molar-refractivity contribution in [2.24, 2.45) is 0 Å². The third kappa shape index (κ3) is 6.59. The summed E-state index contributed by atoms with van der Waals surface area (Å²) in [4.78, 5) is 27.3. The zero-order chi connectivity index (χ0) is 25.8. The number of unbranched alkanes of at least 4 members (excludes halogenated alkanes) is 1. The van der Waals surface area contributed by atoms with Gasteiger partial charge in [-0.25, -0.2) is 4.68 Å². The fourth-order valence-electron chi connectivity index (χ4n) is 3.95. The Bertz CT molecular complexity index is 1190. The first-order valence-electron chi connectivity index (χ1n) is 12.3. The van der Waals surface area contributed by atoms with Crippen molar-refractivity contribution in [1.29, 1.82) is 0 Å². The number of rotatable bonds is 8. The predicted molar refractivity (Wildman–Crippen MR) is 142 cm³/mol.